The van der Waals surface area contributed by atoms with E-state index in [4.69, 9.17) is 20.4 Å². The van der Waals surface area contributed by atoms with Gasteiger partial charge in [0.1, 0.15) is 18.3 Å². The van der Waals surface area contributed by atoms with Gasteiger partial charge in [-0.1, -0.05) is 0 Å². The number of aliphatic hydroxyl groups excluding tert-OH is 4. The fourth-order valence-electron chi connectivity index (χ4n) is 0.791. The van der Waals surface area contributed by atoms with E-state index in [2.05, 4.69) is 4.74 Å². The topological polar surface area (TPSA) is 90.2 Å². The summed E-state index contributed by atoms with van der Waals surface area (Å²) in [4.78, 5) is 0. The molecule has 0 radical (unpaired) electrons. The second kappa shape index (κ2) is 2.81. The lowest BCUT2D eigenvalue weighted by Crippen LogP contribution is -2.52. The third-order valence-corrected chi connectivity index (χ3v) is 1.47. The van der Waals surface area contributed by atoms with Crippen molar-refractivity contribution in [2.45, 2.75) is 24.6 Å². The van der Waals surface area contributed by atoms with Crippen LogP contribution in [0.25, 0.3) is 0 Å². The zero-order chi connectivity index (χ0) is 7.72. The van der Waals surface area contributed by atoms with Gasteiger partial charge in [0.15, 0.2) is 6.29 Å². The minimum absolute atomic E-state index is 0.153. The van der Waals surface area contributed by atoms with E-state index in [1.807, 2.05) is 0 Å². The zero-order valence-corrected chi connectivity index (χ0v) is 5.21. The monoisotopic (exact) mass is 155 g/mol. The molecule has 2 unspecified atom stereocenters. The summed E-state index contributed by atoms with van der Waals surface area (Å²) in [5.74, 6) is 0. The summed E-state index contributed by atoms with van der Waals surface area (Å²) in [5, 5.41) is 35.3. The molecule has 1 heterocycles. The minimum atomic E-state index is -1.41. The van der Waals surface area contributed by atoms with Crippen LogP contribution in [0.4, 0.5) is 0 Å². The Morgan fingerprint density at radius 1 is 1.00 bits per heavy atom. The fourth-order valence-corrected chi connectivity index (χ4v) is 0.791. The molecule has 0 aliphatic carbocycles. The maximum Gasteiger partial charge on any atom is 0.183 e. The Balaban J connectivity index is 2.52. The molecule has 0 saturated carbocycles. The van der Waals surface area contributed by atoms with Crippen LogP contribution in [0.1, 0.15) is 0 Å². The van der Waals surface area contributed by atoms with Crippen molar-refractivity contribution >= 4 is 0 Å². The van der Waals surface area contributed by atoms with Crippen LogP contribution in [0.3, 0.4) is 0 Å². The predicted octanol–water partition coefficient (Wildman–Crippen LogP) is -2.58. The molecule has 0 spiro atoms. The summed E-state index contributed by atoms with van der Waals surface area (Å²) in [5.41, 5.74) is 0. The Morgan fingerprint density at radius 2 is 1.60 bits per heavy atom. The molecule has 60 valence electrons. The first-order valence-electron chi connectivity index (χ1n) is 2.97. The average Bonchev–Trinajstić information content (AvgIpc) is 1.93. The van der Waals surface area contributed by atoms with Gasteiger partial charge in [0.2, 0.25) is 0 Å². The van der Waals surface area contributed by atoms with Gasteiger partial charge in [-0.3, -0.25) is 0 Å². The molecular formula is C5H10O5. The molecule has 1 aliphatic heterocycles. The second-order valence-electron chi connectivity index (χ2n) is 2.27. The van der Waals surface area contributed by atoms with E-state index in [0.717, 1.165) is 0 Å². The summed E-state index contributed by atoms with van der Waals surface area (Å²) >= 11 is 0. The van der Waals surface area contributed by atoms with Crippen LogP contribution in [0.2, 0.25) is 0 Å². The predicted molar refractivity (Wildman–Crippen MR) is 30.0 cm³/mol. The second-order valence-corrected chi connectivity index (χ2v) is 2.27. The van der Waals surface area contributed by atoms with E-state index in [0.29, 0.717) is 0 Å². The summed E-state index contributed by atoms with van der Waals surface area (Å²) in [7, 11) is 0. The van der Waals surface area contributed by atoms with E-state index in [-0.39, 0.29) is 6.61 Å². The molecule has 1 rings (SSSR count). The highest BCUT2D eigenvalue weighted by Gasteiger charge is 2.36. The van der Waals surface area contributed by atoms with Crippen molar-refractivity contribution in [2.75, 3.05) is 6.61 Å². The molecule has 10 heavy (non-hydrogen) atoms. The van der Waals surface area contributed by atoms with Crippen LogP contribution < -0.4 is 0 Å². The van der Waals surface area contributed by atoms with Crippen molar-refractivity contribution < 1.29 is 25.2 Å². The first-order valence-corrected chi connectivity index (χ1v) is 2.97. The van der Waals surface area contributed by atoms with Gasteiger partial charge in [-0.25, -0.2) is 0 Å². The quantitative estimate of drug-likeness (QED) is 0.288. The van der Waals surface area contributed by atoms with Crippen LogP contribution >= 0.6 is 0 Å². The van der Waals surface area contributed by atoms with Crippen LogP contribution in [0.5, 0.6) is 0 Å². The average molecular weight is 155 g/mol. The summed E-state index contributed by atoms with van der Waals surface area (Å²) in [6, 6.07) is 0. The highest BCUT2D eigenvalue weighted by Crippen LogP contribution is 2.12. The first kappa shape index (κ1) is 7.90. The third-order valence-electron chi connectivity index (χ3n) is 1.47. The molecule has 0 aromatic rings. The van der Waals surface area contributed by atoms with Crippen molar-refractivity contribution in [1.29, 1.82) is 0 Å². The maximum absolute atomic E-state index is 8.88. The van der Waals surface area contributed by atoms with Crippen molar-refractivity contribution in [3.8, 4) is 0 Å². The van der Waals surface area contributed by atoms with Crippen LogP contribution in [-0.2, 0) is 4.74 Å². The zero-order valence-electron chi connectivity index (χ0n) is 5.21. The molecule has 0 amide bonds. The Bertz CT molecular complexity index is 103. The first-order chi connectivity index (χ1) is 4.63. The number of aliphatic hydroxyl groups is 4. The molecule has 5 nitrogen and oxygen atoms in total. The Kier molecular flexibility index (Phi) is 2.22. The lowest BCUT2D eigenvalue weighted by atomic mass is 11.0. The summed E-state index contributed by atoms with van der Waals surface area (Å²) in [6.07, 6.45) is -5.23. The van der Waals surface area contributed by atoms with Crippen molar-refractivity contribution in [1.82, 2.24) is 0 Å². The lowest BCUT2D eigenvalue weighted by Gasteiger charge is -2.31. The summed E-state index contributed by atoms with van der Waals surface area (Å²) < 4.78 is 4.47. The van der Waals surface area contributed by atoms with E-state index in [9.17, 15) is 0 Å². The molecule has 1 fully saturated rings. The molecule has 1 saturated heterocycles. The Hall–Kier alpha value is -0.200. The van der Waals surface area contributed by atoms with Crippen LogP contribution in [-0.4, -0.2) is 51.6 Å². The van der Waals surface area contributed by atoms with Gasteiger partial charge in [0, 0.05) is 0 Å². The fraction of sp³-hybridized carbons (Fsp3) is 1.00. The number of ether oxygens (including phenoxy) is 1. The SMILES string of the molecule is O[13CH]1O[13CH2][13C@H](O)[13C@H](O)[13CH]1O. The number of hydrogen-bond acceptors (Lipinski definition) is 5. The van der Waals surface area contributed by atoms with Crippen molar-refractivity contribution in [3.05, 3.63) is 0 Å². The smallest absolute Gasteiger partial charge is 0.183 e. The van der Waals surface area contributed by atoms with E-state index >= 15 is 0 Å². The van der Waals surface area contributed by atoms with E-state index < -0.39 is 24.6 Å². The van der Waals surface area contributed by atoms with Gasteiger partial charge >= 0.3 is 0 Å². The molecule has 0 aromatic carbocycles. The highest BCUT2D eigenvalue weighted by molar-refractivity contribution is 4.81. The standard InChI is InChI=1S/C5H10O5/c6-2-1-10-5(9)4(8)3(2)7/h2-9H,1H2/t2-,3-,4?,5?/m0/s1/i1+1,2+1,3+1,4+1,5+1. The largest absolute Gasteiger partial charge is 0.388 e. The molecule has 5 heteroatoms. The summed E-state index contributed by atoms with van der Waals surface area (Å²) in [6.45, 7) is -0.153. The number of rotatable bonds is 0. The van der Waals surface area contributed by atoms with Gasteiger partial charge in [-0.2, -0.15) is 0 Å². The lowest BCUT2D eigenvalue weighted by molar-refractivity contribution is -0.252. The molecule has 4 atom stereocenters. The van der Waals surface area contributed by atoms with Gasteiger partial charge in [-0.15, -0.1) is 0 Å². The van der Waals surface area contributed by atoms with Crippen molar-refractivity contribution in [3.63, 3.8) is 0 Å². The molecule has 4 N–H and O–H groups in total. The third kappa shape index (κ3) is 1.28. The molecule has 1 aliphatic rings. The Morgan fingerprint density at radius 3 is 2.10 bits per heavy atom. The van der Waals surface area contributed by atoms with Crippen molar-refractivity contribution in [2.24, 2.45) is 0 Å². The molecular weight excluding hydrogens is 145 g/mol. The minimum Gasteiger partial charge on any atom is -0.388 e. The molecule has 0 bridgehead atoms. The molecule has 0 aromatic heterocycles. The number of hydrogen-bond donors (Lipinski definition) is 4. The van der Waals surface area contributed by atoms with Crippen LogP contribution in [0, 0.1) is 0 Å². The normalized spacial score (nSPS) is 49.2. The van der Waals surface area contributed by atoms with Gasteiger partial charge in [0.05, 0.1) is 6.61 Å². The van der Waals surface area contributed by atoms with E-state index in [1.54, 1.807) is 0 Å². The highest BCUT2D eigenvalue weighted by atomic mass is 16.8. The Labute approximate surface area is 57.5 Å². The van der Waals surface area contributed by atoms with Gasteiger partial charge < -0.3 is 25.2 Å². The van der Waals surface area contributed by atoms with Crippen LogP contribution in [0.15, 0.2) is 0 Å². The maximum atomic E-state index is 8.88. The van der Waals surface area contributed by atoms with E-state index in [1.165, 1.54) is 0 Å². The van der Waals surface area contributed by atoms with Gasteiger partial charge in [-0.05, 0) is 0 Å². The van der Waals surface area contributed by atoms with Gasteiger partial charge in [0.25, 0.3) is 0 Å².